The van der Waals surface area contributed by atoms with Crippen LogP contribution >= 0.6 is 15.9 Å². The lowest BCUT2D eigenvalue weighted by molar-refractivity contribution is -0.385. The SMILES string of the molecule is COc1ccccc1N(C)Cc1cccc([N+](=O)[O-])c1Br. The molecule has 0 aliphatic rings. The summed E-state index contributed by atoms with van der Waals surface area (Å²) in [6.45, 7) is 0.530. The van der Waals surface area contributed by atoms with E-state index in [-0.39, 0.29) is 5.69 Å². The first-order chi connectivity index (χ1) is 10.0. The van der Waals surface area contributed by atoms with Gasteiger partial charge in [0.1, 0.15) is 10.2 Å². The van der Waals surface area contributed by atoms with Crippen LogP contribution in [-0.2, 0) is 6.54 Å². The van der Waals surface area contributed by atoms with E-state index in [0.29, 0.717) is 11.0 Å². The maximum atomic E-state index is 11.0. The highest BCUT2D eigenvalue weighted by molar-refractivity contribution is 9.10. The van der Waals surface area contributed by atoms with Crippen LogP contribution in [0.25, 0.3) is 0 Å². The summed E-state index contributed by atoms with van der Waals surface area (Å²) in [5.74, 6) is 0.765. The molecule has 110 valence electrons. The molecule has 21 heavy (non-hydrogen) atoms. The van der Waals surface area contributed by atoms with E-state index in [1.54, 1.807) is 13.2 Å². The normalized spacial score (nSPS) is 10.2. The molecule has 0 heterocycles. The van der Waals surface area contributed by atoms with Gasteiger partial charge in [0.05, 0.1) is 17.7 Å². The van der Waals surface area contributed by atoms with Crippen molar-refractivity contribution in [3.63, 3.8) is 0 Å². The van der Waals surface area contributed by atoms with Gasteiger partial charge in [0.25, 0.3) is 5.69 Å². The third-order valence-electron chi connectivity index (χ3n) is 3.16. The Labute approximate surface area is 131 Å². The summed E-state index contributed by atoms with van der Waals surface area (Å²) in [4.78, 5) is 12.6. The Bertz CT molecular complexity index is 661. The van der Waals surface area contributed by atoms with Crippen molar-refractivity contribution < 1.29 is 9.66 Å². The van der Waals surface area contributed by atoms with E-state index in [1.165, 1.54) is 6.07 Å². The van der Waals surface area contributed by atoms with Crippen LogP contribution in [0.2, 0.25) is 0 Å². The molecule has 0 saturated heterocycles. The number of ether oxygens (including phenoxy) is 1. The number of hydrogen-bond donors (Lipinski definition) is 0. The molecule has 6 heteroatoms. The number of benzene rings is 2. The summed E-state index contributed by atoms with van der Waals surface area (Å²) in [7, 11) is 3.54. The number of hydrogen-bond acceptors (Lipinski definition) is 4. The fourth-order valence-corrected chi connectivity index (χ4v) is 2.65. The number of nitro groups is 1. The molecule has 0 N–H and O–H groups in total. The number of nitrogens with zero attached hydrogens (tertiary/aromatic N) is 2. The first kappa shape index (κ1) is 15.3. The third kappa shape index (κ3) is 3.33. The molecular formula is C15H15BrN2O3. The first-order valence-electron chi connectivity index (χ1n) is 6.30. The average molecular weight is 351 g/mol. The monoisotopic (exact) mass is 350 g/mol. The molecule has 2 aromatic rings. The Morgan fingerprint density at radius 1 is 1.24 bits per heavy atom. The van der Waals surface area contributed by atoms with Gasteiger partial charge in [-0.1, -0.05) is 24.3 Å². The molecule has 0 saturated carbocycles. The van der Waals surface area contributed by atoms with E-state index in [9.17, 15) is 10.1 Å². The standard InChI is InChI=1S/C15H15BrN2O3/c1-17(12-7-3-4-9-14(12)21-2)10-11-6-5-8-13(15(11)16)18(19)20/h3-9H,10H2,1-2H3. The second kappa shape index (κ2) is 6.58. The molecule has 2 rings (SSSR count). The van der Waals surface area contributed by atoms with Crippen LogP contribution in [0.1, 0.15) is 5.56 Å². The van der Waals surface area contributed by atoms with Gasteiger partial charge in [0.2, 0.25) is 0 Å². The number of anilines is 1. The van der Waals surface area contributed by atoms with Crippen LogP contribution in [0.3, 0.4) is 0 Å². The lowest BCUT2D eigenvalue weighted by Gasteiger charge is -2.22. The zero-order valence-electron chi connectivity index (χ0n) is 11.7. The minimum atomic E-state index is -0.392. The Kier molecular flexibility index (Phi) is 4.80. The van der Waals surface area contributed by atoms with Crippen LogP contribution < -0.4 is 9.64 Å². The number of halogens is 1. The minimum Gasteiger partial charge on any atom is -0.495 e. The Hall–Kier alpha value is -2.08. The van der Waals surface area contributed by atoms with E-state index in [2.05, 4.69) is 15.9 Å². The zero-order chi connectivity index (χ0) is 15.4. The second-order valence-electron chi connectivity index (χ2n) is 4.54. The molecule has 0 aliphatic heterocycles. The molecule has 5 nitrogen and oxygen atoms in total. The van der Waals surface area contributed by atoms with E-state index in [0.717, 1.165) is 17.0 Å². The molecule has 0 aliphatic carbocycles. The minimum absolute atomic E-state index is 0.0703. The van der Waals surface area contributed by atoms with Gasteiger partial charge in [-0.25, -0.2) is 0 Å². The van der Waals surface area contributed by atoms with Crippen LogP contribution in [0.15, 0.2) is 46.9 Å². The number of nitro benzene ring substituents is 1. The fourth-order valence-electron chi connectivity index (χ4n) is 2.12. The van der Waals surface area contributed by atoms with Gasteiger partial charge in [-0.15, -0.1) is 0 Å². The lowest BCUT2D eigenvalue weighted by atomic mass is 10.1. The smallest absolute Gasteiger partial charge is 0.283 e. The van der Waals surface area contributed by atoms with Crippen LogP contribution in [0, 0.1) is 10.1 Å². The first-order valence-corrected chi connectivity index (χ1v) is 7.10. The summed E-state index contributed by atoms with van der Waals surface area (Å²) < 4.78 is 5.85. The highest BCUT2D eigenvalue weighted by atomic mass is 79.9. The van der Waals surface area contributed by atoms with Gasteiger partial charge in [-0.05, 0) is 33.6 Å². The van der Waals surface area contributed by atoms with Crippen molar-refractivity contribution in [1.29, 1.82) is 0 Å². The summed E-state index contributed by atoms with van der Waals surface area (Å²) in [5, 5.41) is 11.0. The van der Waals surface area contributed by atoms with Crippen molar-refractivity contribution in [3.05, 3.63) is 62.6 Å². The summed E-state index contributed by atoms with van der Waals surface area (Å²) in [6.07, 6.45) is 0. The maximum Gasteiger partial charge on any atom is 0.283 e. The van der Waals surface area contributed by atoms with Crippen molar-refractivity contribution in [2.45, 2.75) is 6.54 Å². The Morgan fingerprint density at radius 3 is 2.62 bits per heavy atom. The van der Waals surface area contributed by atoms with Crippen LogP contribution in [-0.4, -0.2) is 19.1 Å². The largest absolute Gasteiger partial charge is 0.495 e. The zero-order valence-corrected chi connectivity index (χ0v) is 13.3. The highest BCUT2D eigenvalue weighted by Gasteiger charge is 2.16. The molecule has 0 aromatic heterocycles. The Morgan fingerprint density at radius 2 is 1.95 bits per heavy atom. The highest BCUT2D eigenvalue weighted by Crippen LogP contribution is 2.32. The average Bonchev–Trinajstić information content (AvgIpc) is 2.48. The number of para-hydroxylation sites is 2. The topological polar surface area (TPSA) is 55.6 Å². The van der Waals surface area contributed by atoms with Crippen molar-refractivity contribution >= 4 is 27.3 Å². The van der Waals surface area contributed by atoms with Gasteiger partial charge in [0.15, 0.2) is 0 Å². The van der Waals surface area contributed by atoms with Crippen molar-refractivity contribution in [2.75, 3.05) is 19.1 Å². The maximum absolute atomic E-state index is 11.0. The summed E-state index contributed by atoms with van der Waals surface area (Å²) in [5.41, 5.74) is 1.84. The predicted molar refractivity (Wildman–Crippen MR) is 85.9 cm³/mol. The van der Waals surface area contributed by atoms with Crippen molar-refractivity contribution in [3.8, 4) is 5.75 Å². The molecule has 0 radical (unpaired) electrons. The molecule has 0 bridgehead atoms. The van der Waals surface area contributed by atoms with Gasteiger partial charge in [-0.2, -0.15) is 0 Å². The molecular weight excluding hydrogens is 336 g/mol. The summed E-state index contributed by atoms with van der Waals surface area (Å²) >= 11 is 3.32. The molecule has 0 unspecified atom stereocenters. The molecule has 0 atom stereocenters. The third-order valence-corrected chi connectivity index (χ3v) is 4.07. The molecule has 0 fully saturated rings. The molecule has 0 spiro atoms. The lowest BCUT2D eigenvalue weighted by Crippen LogP contribution is -2.17. The van der Waals surface area contributed by atoms with E-state index < -0.39 is 4.92 Å². The van der Waals surface area contributed by atoms with Crippen LogP contribution in [0.4, 0.5) is 11.4 Å². The molecule has 0 amide bonds. The van der Waals surface area contributed by atoms with E-state index >= 15 is 0 Å². The quantitative estimate of drug-likeness (QED) is 0.604. The van der Waals surface area contributed by atoms with Crippen molar-refractivity contribution in [2.24, 2.45) is 0 Å². The number of methoxy groups -OCH3 is 1. The fraction of sp³-hybridized carbons (Fsp3) is 0.200. The van der Waals surface area contributed by atoms with Gasteiger partial charge >= 0.3 is 0 Å². The summed E-state index contributed by atoms with van der Waals surface area (Å²) in [6, 6.07) is 12.7. The van der Waals surface area contributed by atoms with Crippen molar-refractivity contribution in [1.82, 2.24) is 0 Å². The predicted octanol–water partition coefficient (Wildman–Crippen LogP) is 4.00. The Balaban J connectivity index is 2.30. The van der Waals surface area contributed by atoms with Gasteiger partial charge in [-0.3, -0.25) is 10.1 Å². The van der Waals surface area contributed by atoms with Gasteiger partial charge < -0.3 is 9.64 Å². The van der Waals surface area contributed by atoms with Gasteiger partial charge in [0, 0.05) is 19.7 Å². The van der Waals surface area contributed by atoms with E-state index in [1.807, 2.05) is 42.3 Å². The molecule has 2 aromatic carbocycles. The van der Waals surface area contributed by atoms with E-state index in [4.69, 9.17) is 4.74 Å². The number of rotatable bonds is 5. The van der Waals surface area contributed by atoms with Crippen LogP contribution in [0.5, 0.6) is 5.75 Å². The second-order valence-corrected chi connectivity index (χ2v) is 5.33.